The van der Waals surface area contributed by atoms with Crippen molar-refractivity contribution in [3.05, 3.63) is 0 Å². The Morgan fingerprint density at radius 2 is 1.47 bits per heavy atom. The van der Waals surface area contributed by atoms with E-state index in [-0.39, 0.29) is 12.8 Å². The predicted molar refractivity (Wildman–Crippen MR) is 106 cm³/mol. The number of amides is 4. The average molecular weight is 449 g/mol. The van der Waals surface area contributed by atoms with Crippen LogP contribution < -0.4 is 27.4 Å². The molecule has 0 aromatic rings. The van der Waals surface area contributed by atoms with Gasteiger partial charge in [0.1, 0.15) is 18.6 Å². The zero-order chi connectivity index (χ0) is 23.3. The first-order valence-corrected chi connectivity index (χ1v) is 10.2. The number of carboxylic acids is 2. The van der Waals surface area contributed by atoms with Gasteiger partial charge in [0.2, 0.25) is 23.6 Å². The molecule has 0 saturated carbocycles. The molecule has 14 heteroatoms. The average Bonchev–Trinajstić information content (AvgIpc) is 2.65. The van der Waals surface area contributed by atoms with Crippen molar-refractivity contribution in [2.24, 2.45) is 11.5 Å². The second-order valence-electron chi connectivity index (χ2n) is 6.22. The van der Waals surface area contributed by atoms with E-state index in [1.807, 2.05) is 0 Å². The van der Waals surface area contributed by atoms with E-state index in [2.05, 4.69) is 16.0 Å². The molecule has 0 radical (unpaired) electrons. The number of nitrogens with two attached hydrogens (primary N) is 2. The summed E-state index contributed by atoms with van der Waals surface area (Å²) < 4.78 is 0. The Morgan fingerprint density at radius 1 is 0.900 bits per heavy atom. The number of nitrogens with one attached hydrogen (secondary N) is 3. The lowest BCUT2D eigenvalue weighted by atomic mass is 10.1. The zero-order valence-corrected chi connectivity index (χ0v) is 17.2. The fourth-order valence-electron chi connectivity index (χ4n) is 2.19. The molecule has 13 nitrogen and oxygen atoms in total. The maximum Gasteiger partial charge on any atom is 0.322 e. The van der Waals surface area contributed by atoms with Crippen LogP contribution in [0.25, 0.3) is 0 Å². The second-order valence-corrected chi connectivity index (χ2v) is 7.21. The largest absolute Gasteiger partial charge is 0.481 e. The number of hydrogen-bond acceptors (Lipinski definition) is 8. The van der Waals surface area contributed by atoms with Crippen molar-refractivity contribution >= 4 is 47.3 Å². The van der Waals surface area contributed by atoms with Crippen molar-refractivity contribution < 1.29 is 39.0 Å². The normalized spacial score (nSPS) is 13.4. The van der Waals surface area contributed by atoms with E-state index in [0.29, 0.717) is 5.75 Å². The Morgan fingerprint density at radius 3 is 1.97 bits per heavy atom. The molecule has 0 rings (SSSR count). The standard InChI is InChI=1S/C16H27N5O8S/c1-30-5-4-10(15(28)19-7-13(25)26)21-16(29)9(2-3-12(23)24)20-14(27)8(17)6-11(18)22/h8-10H,2-7,17H2,1H3,(H2,18,22)(H,19,28)(H,20,27)(H,21,29)(H,23,24)(H,25,26). The third-order valence-corrected chi connectivity index (χ3v) is 4.34. The van der Waals surface area contributed by atoms with Crippen molar-refractivity contribution in [3.8, 4) is 0 Å². The molecule has 0 spiro atoms. The molecule has 0 saturated heterocycles. The van der Waals surface area contributed by atoms with Crippen LogP contribution in [-0.4, -0.2) is 82.5 Å². The minimum absolute atomic E-state index is 0.166. The Bertz CT molecular complexity index is 660. The van der Waals surface area contributed by atoms with E-state index in [4.69, 9.17) is 21.7 Å². The summed E-state index contributed by atoms with van der Waals surface area (Å²) >= 11 is 1.39. The lowest BCUT2D eigenvalue weighted by molar-refractivity contribution is -0.138. The Hall–Kier alpha value is -2.87. The number of carbonyl (C=O) groups is 6. The fourth-order valence-corrected chi connectivity index (χ4v) is 2.66. The highest BCUT2D eigenvalue weighted by Crippen LogP contribution is 2.05. The third kappa shape index (κ3) is 11.9. The monoisotopic (exact) mass is 449 g/mol. The van der Waals surface area contributed by atoms with E-state index in [1.165, 1.54) is 11.8 Å². The number of primary amides is 1. The van der Waals surface area contributed by atoms with Crippen LogP contribution in [0.4, 0.5) is 0 Å². The van der Waals surface area contributed by atoms with E-state index < -0.39 is 73.1 Å². The van der Waals surface area contributed by atoms with Gasteiger partial charge >= 0.3 is 11.9 Å². The molecule has 3 unspecified atom stereocenters. The number of carbonyl (C=O) groups excluding carboxylic acids is 4. The summed E-state index contributed by atoms with van der Waals surface area (Å²) in [6.07, 6.45) is 0.683. The van der Waals surface area contributed by atoms with Crippen LogP contribution in [0.15, 0.2) is 0 Å². The minimum atomic E-state index is -1.35. The summed E-state index contributed by atoms with van der Waals surface area (Å²) in [4.78, 5) is 69.2. The van der Waals surface area contributed by atoms with Crippen molar-refractivity contribution in [3.63, 3.8) is 0 Å². The topological polar surface area (TPSA) is 231 Å². The number of thioether (sulfide) groups is 1. The van der Waals surface area contributed by atoms with Gasteiger partial charge in [-0.15, -0.1) is 0 Å². The molecular weight excluding hydrogens is 422 g/mol. The first-order valence-electron chi connectivity index (χ1n) is 8.82. The molecule has 0 aliphatic heterocycles. The van der Waals surface area contributed by atoms with Crippen LogP contribution in [0.5, 0.6) is 0 Å². The highest BCUT2D eigenvalue weighted by molar-refractivity contribution is 7.98. The van der Waals surface area contributed by atoms with Gasteiger partial charge in [-0.25, -0.2) is 0 Å². The SMILES string of the molecule is CSCCC(NC(=O)C(CCC(=O)O)NC(=O)C(N)CC(N)=O)C(=O)NCC(=O)O. The Kier molecular flexibility index (Phi) is 12.8. The fraction of sp³-hybridized carbons (Fsp3) is 0.625. The number of carboxylic acid groups (broad SMARTS) is 2. The van der Waals surface area contributed by atoms with Gasteiger partial charge < -0.3 is 37.6 Å². The molecule has 0 bridgehead atoms. The summed E-state index contributed by atoms with van der Waals surface area (Å²) in [6.45, 7) is -0.647. The van der Waals surface area contributed by atoms with E-state index in [0.717, 1.165) is 0 Å². The van der Waals surface area contributed by atoms with Gasteiger partial charge in [-0.1, -0.05) is 0 Å². The number of aliphatic carboxylic acids is 2. The summed E-state index contributed by atoms with van der Waals surface area (Å²) in [5.74, 6) is -5.36. The molecule has 0 aromatic heterocycles. The highest BCUT2D eigenvalue weighted by atomic mass is 32.2. The van der Waals surface area contributed by atoms with Gasteiger partial charge in [0.15, 0.2) is 0 Å². The summed E-state index contributed by atoms with van der Waals surface area (Å²) in [6, 6.07) is -3.79. The summed E-state index contributed by atoms with van der Waals surface area (Å²) in [5.41, 5.74) is 10.5. The van der Waals surface area contributed by atoms with Gasteiger partial charge in [-0.2, -0.15) is 11.8 Å². The summed E-state index contributed by atoms with van der Waals surface area (Å²) in [5, 5.41) is 24.3. The molecule has 0 fully saturated rings. The molecule has 30 heavy (non-hydrogen) atoms. The first kappa shape index (κ1) is 27.1. The van der Waals surface area contributed by atoms with Crippen molar-refractivity contribution in [1.29, 1.82) is 0 Å². The molecule has 0 heterocycles. The molecule has 0 aliphatic rings. The minimum Gasteiger partial charge on any atom is -0.481 e. The van der Waals surface area contributed by atoms with Crippen LogP contribution >= 0.6 is 11.8 Å². The third-order valence-electron chi connectivity index (χ3n) is 3.70. The van der Waals surface area contributed by atoms with Crippen molar-refractivity contribution in [2.75, 3.05) is 18.6 Å². The van der Waals surface area contributed by atoms with E-state index >= 15 is 0 Å². The quantitative estimate of drug-likeness (QED) is 0.134. The lowest BCUT2D eigenvalue weighted by Gasteiger charge is -2.23. The van der Waals surface area contributed by atoms with Gasteiger partial charge in [0.05, 0.1) is 12.5 Å². The van der Waals surface area contributed by atoms with Crippen LogP contribution in [-0.2, 0) is 28.8 Å². The van der Waals surface area contributed by atoms with Crippen LogP contribution in [0, 0.1) is 0 Å². The van der Waals surface area contributed by atoms with Gasteiger partial charge in [0.25, 0.3) is 0 Å². The molecule has 3 atom stereocenters. The van der Waals surface area contributed by atoms with E-state index in [1.54, 1.807) is 6.26 Å². The molecule has 4 amide bonds. The Labute approximate surface area is 176 Å². The van der Waals surface area contributed by atoms with Crippen LogP contribution in [0.2, 0.25) is 0 Å². The molecule has 9 N–H and O–H groups in total. The first-order chi connectivity index (χ1) is 14.0. The van der Waals surface area contributed by atoms with Crippen molar-refractivity contribution in [1.82, 2.24) is 16.0 Å². The predicted octanol–water partition coefficient (Wildman–Crippen LogP) is -3.02. The number of rotatable bonds is 15. The molecule has 170 valence electrons. The van der Waals surface area contributed by atoms with Gasteiger partial charge in [-0.3, -0.25) is 28.8 Å². The van der Waals surface area contributed by atoms with E-state index in [9.17, 15) is 28.8 Å². The van der Waals surface area contributed by atoms with Crippen molar-refractivity contribution in [2.45, 2.75) is 43.8 Å². The number of hydrogen-bond donors (Lipinski definition) is 7. The molecule has 0 aromatic carbocycles. The van der Waals surface area contributed by atoms with Gasteiger partial charge in [0, 0.05) is 6.42 Å². The maximum absolute atomic E-state index is 12.6. The van der Waals surface area contributed by atoms with Crippen LogP contribution in [0.1, 0.15) is 25.7 Å². The molecule has 0 aliphatic carbocycles. The zero-order valence-electron chi connectivity index (χ0n) is 16.4. The Balaban J connectivity index is 5.27. The smallest absolute Gasteiger partial charge is 0.322 e. The second kappa shape index (κ2) is 14.2. The van der Waals surface area contributed by atoms with Crippen LogP contribution in [0.3, 0.4) is 0 Å². The molecular formula is C16H27N5O8S. The summed E-state index contributed by atoms with van der Waals surface area (Å²) in [7, 11) is 0. The van der Waals surface area contributed by atoms with Gasteiger partial charge in [-0.05, 0) is 24.9 Å². The lowest BCUT2D eigenvalue weighted by Crippen LogP contribution is -2.56. The maximum atomic E-state index is 12.6. The highest BCUT2D eigenvalue weighted by Gasteiger charge is 2.28.